The third kappa shape index (κ3) is 6.82. The van der Waals surface area contributed by atoms with Gasteiger partial charge in [-0.1, -0.05) is 35.6 Å². The summed E-state index contributed by atoms with van der Waals surface area (Å²) in [6, 6.07) is 13.3. The molecule has 10 heteroatoms. The number of benzene rings is 2. The fourth-order valence-electron chi connectivity index (χ4n) is 4.25. The monoisotopic (exact) mass is 578 g/mol. The number of carbonyl (C=O) groups excluding carboxylic acids is 1. The quantitative estimate of drug-likeness (QED) is 0.246. The molecule has 2 aromatic carbocycles. The van der Waals surface area contributed by atoms with E-state index in [0.29, 0.717) is 28.7 Å². The van der Waals surface area contributed by atoms with Crippen molar-refractivity contribution in [3.63, 3.8) is 0 Å². The molecule has 2 aromatic heterocycles. The highest BCUT2D eigenvalue weighted by molar-refractivity contribution is 7.19. The molecule has 1 aliphatic heterocycles. The van der Waals surface area contributed by atoms with Gasteiger partial charge in [-0.25, -0.2) is 19.2 Å². The van der Waals surface area contributed by atoms with Gasteiger partial charge in [0.2, 0.25) is 0 Å². The molecule has 1 N–H and O–H groups in total. The molecule has 5 rings (SSSR count). The summed E-state index contributed by atoms with van der Waals surface area (Å²) >= 11 is 7.93. The highest BCUT2D eigenvalue weighted by atomic mass is 35.5. The zero-order chi connectivity index (χ0) is 28.3. The highest BCUT2D eigenvalue weighted by Gasteiger charge is 2.31. The number of anilines is 2. The molecule has 206 valence electrons. The van der Waals surface area contributed by atoms with Gasteiger partial charge in [0.15, 0.2) is 0 Å². The Kier molecular flexibility index (Phi) is 8.10. The maximum absolute atomic E-state index is 13.4. The number of amides is 1. The Labute approximate surface area is 241 Å². The Morgan fingerprint density at radius 2 is 2.08 bits per heavy atom. The van der Waals surface area contributed by atoms with E-state index in [1.54, 1.807) is 29.2 Å². The Morgan fingerprint density at radius 1 is 1.23 bits per heavy atom. The molecular formula is C30H28ClFN4O3S. The van der Waals surface area contributed by atoms with Crippen LogP contribution in [0.5, 0.6) is 5.75 Å². The fourth-order valence-corrected chi connectivity index (χ4v) is 5.34. The van der Waals surface area contributed by atoms with Crippen LogP contribution in [0.1, 0.15) is 44.1 Å². The van der Waals surface area contributed by atoms with E-state index in [0.717, 1.165) is 33.6 Å². The summed E-state index contributed by atoms with van der Waals surface area (Å²) in [5, 5.41) is 4.54. The molecule has 1 unspecified atom stereocenters. The molecule has 4 aromatic rings. The number of carbonyl (C=O) groups is 1. The summed E-state index contributed by atoms with van der Waals surface area (Å²) in [4.78, 5) is 24.7. The Balaban J connectivity index is 1.29. The summed E-state index contributed by atoms with van der Waals surface area (Å²) in [5.41, 5.74) is 0.885. The first-order valence-electron chi connectivity index (χ1n) is 12.8. The molecule has 0 aliphatic carbocycles. The smallest absolute Gasteiger partial charge is 0.411 e. The number of aromatic nitrogens is 2. The van der Waals surface area contributed by atoms with Gasteiger partial charge in [0.05, 0.1) is 21.3 Å². The van der Waals surface area contributed by atoms with Crippen LogP contribution in [0.25, 0.3) is 10.2 Å². The lowest BCUT2D eigenvalue weighted by Crippen LogP contribution is -2.39. The minimum Gasteiger partial charge on any atom is -0.487 e. The van der Waals surface area contributed by atoms with Gasteiger partial charge in [0.25, 0.3) is 0 Å². The van der Waals surface area contributed by atoms with E-state index in [1.165, 1.54) is 29.8 Å². The van der Waals surface area contributed by atoms with Gasteiger partial charge in [-0.3, -0.25) is 4.90 Å². The molecule has 3 heterocycles. The van der Waals surface area contributed by atoms with Gasteiger partial charge in [0, 0.05) is 12.2 Å². The van der Waals surface area contributed by atoms with E-state index in [-0.39, 0.29) is 24.6 Å². The summed E-state index contributed by atoms with van der Waals surface area (Å²) in [6.45, 7) is 6.41. The van der Waals surface area contributed by atoms with E-state index >= 15 is 0 Å². The lowest BCUT2D eigenvalue weighted by molar-refractivity contribution is 0.0261. The molecule has 1 fully saturated rings. The lowest BCUT2D eigenvalue weighted by atomic mass is 10.2. The van der Waals surface area contributed by atoms with Crippen molar-refractivity contribution < 1.29 is 18.7 Å². The number of likely N-dealkylation sites (tertiary alicyclic amines) is 1. The molecule has 0 spiro atoms. The van der Waals surface area contributed by atoms with Crippen LogP contribution < -0.4 is 10.1 Å². The van der Waals surface area contributed by atoms with Crippen LogP contribution in [-0.4, -0.2) is 39.1 Å². The van der Waals surface area contributed by atoms with Gasteiger partial charge < -0.3 is 14.8 Å². The molecule has 1 aliphatic rings. The van der Waals surface area contributed by atoms with Crippen molar-refractivity contribution in [2.24, 2.45) is 0 Å². The van der Waals surface area contributed by atoms with Crippen molar-refractivity contribution in [2.45, 2.75) is 51.9 Å². The topological polar surface area (TPSA) is 76.6 Å². The van der Waals surface area contributed by atoms with Crippen LogP contribution >= 0.6 is 22.9 Å². The molecule has 40 heavy (non-hydrogen) atoms. The molecule has 1 amide bonds. The number of nitrogens with zero attached hydrogens (tertiary/aromatic N) is 3. The zero-order valence-corrected chi connectivity index (χ0v) is 23.9. The summed E-state index contributed by atoms with van der Waals surface area (Å²) < 4.78 is 24.7. The van der Waals surface area contributed by atoms with Crippen LogP contribution in [0, 0.1) is 17.7 Å². The second-order valence-corrected chi connectivity index (χ2v) is 11.8. The second-order valence-electron chi connectivity index (χ2n) is 10.3. The molecule has 1 saturated heterocycles. The average molecular weight is 579 g/mol. The van der Waals surface area contributed by atoms with Crippen LogP contribution in [0.4, 0.5) is 20.7 Å². The summed E-state index contributed by atoms with van der Waals surface area (Å²) in [6.07, 6.45) is 2.87. The first-order valence-corrected chi connectivity index (χ1v) is 14.0. The first kappa shape index (κ1) is 27.7. The molecule has 7 nitrogen and oxygen atoms in total. The Hall–Kier alpha value is -3.87. The molecular weight excluding hydrogens is 551 g/mol. The minimum atomic E-state index is -0.550. The number of thiophene rings is 1. The van der Waals surface area contributed by atoms with Gasteiger partial charge in [-0.15, -0.1) is 11.3 Å². The fraction of sp³-hybridized carbons (Fsp3) is 0.300. The van der Waals surface area contributed by atoms with E-state index in [4.69, 9.17) is 21.1 Å². The number of rotatable bonds is 5. The second kappa shape index (κ2) is 11.7. The highest BCUT2D eigenvalue weighted by Crippen LogP contribution is 2.33. The van der Waals surface area contributed by atoms with Crippen molar-refractivity contribution >= 4 is 50.8 Å². The summed E-state index contributed by atoms with van der Waals surface area (Å²) in [5.74, 6) is 7.27. The van der Waals surface area contributed by atoms with E-state index < -0.39 is 5.60 Å². The predicted octanol–water partition coefficient (Wildman–Crippen LogP) is 7.56. The van der Waals surface area contributed by atoms with Gasteiger partial charge in [-0.2, -0.15) is 0 Å². The van der Waals surface area contributed by atoms with Crippen LogP contribution in [-0.2, 0) is 11.3 Å². The van der Waals surface area contributed by atoms with Crippen molar-refractivity contribution in [2.75, 3.05) is 11.9 Å². The largest absolute Gasteiger partial charge is 0.487 e. The van der Waals surface area contributed by atoms with Crippen molar-refractivity contribution in [1.82, 2.24) is 14.9 Å². The first-order chi connectivity index (χ1) is 19.1. The number of fused-ring (bicyclic) bond motifs is 1. The van der Waals surface area contributed by atoms with Crippen LogP contribution in [0.15, 0.2) is 54.9 Å². The lowest BCUT2D eigenvalue weighted by Gasteiger charge is -2.26. The molecule has 1 atom stereocenters. The van der Waals surface area contributed by atoms with Gasteiger partial charge >= 0.3 is 6.09 Å². The molecule has 0 saturated carbocycles. The molecule has 0 radical (unpaired) electrons. The van der Waals surface area contributed by atoms with Crippen LogP contribution in [0.2, 0.25) is 5.02 Å². The van der Waals surface area contributed by atoms with Crippen molar-refractivity contribution in [3.05, 3.63) is 76.1 Å². The van der Waals surface area contributed by atoms with Gasteiger partial charge in [-0.05, 0) is 75.6 Å². The van der Waals surface area contributed by atoms with Crippen LogP contribution in [0.3, 0.4) is 0 Å². The number of hydrogen-bond donors (Lipinski definition) is 1. The standard InChI is InChI=1S/C30H28ClFN4O3S/c1-30(2,3)39-29(37)36-13-5-8-22(36)10-11-23-16-24-27(33-18-34-28(24)40-23)35-21-9-12-26(25(31)15-21)38-17-19-6-4-7-20(32)14-19/h4,6-7,9,12,14-16,18,22H,5,8,13,17H2,1-3H3,(H,33,34,35). The van der Waals surface area contributed by atoms with E-state index in [9.17, 15) is 9.18 Å². The van der Waals surface area contributed by atoms with Crippen molar-refractivity contribution in [1.29, 1.82) is 0 Å². The normalized spacial score (nSPS) is 15.0. The SMILES string of the molecule is CC(C)(C)OC(=O)N1CCCC1C#Cc1cc2c(Nc3ccc(OCc4cccc(F)c4)c(Cl)c3)ncnc2s1. The maximum Gasteiger partial charge on any atom is 0.411 e. The third-order valence-electron chi connectivity index (χ3n) is 6.05. The average Bonchev–Trinajstić information content (AvgIpc) is 3.53. The number of halogens is 2. The Bertz CT molecular complexity index is 1610. The van der Waals surface area contributed by atoms with Crippen molar-refractivity contribution in [3.8, 4) is 17.6 Å². The predicted molar refractivity (Wildman–Crippen MR) is 156 cm³/mol. The molecule has 0 bridgehead atoms. The minimum absolute atomic E-state index is 0.187. The number of hydrogen-bond acceptors (Lipinski definition) is 7. The Morgan fingerprint density at radius 3 is 2.85 bits per heavy atom. The number of ether oxygens (including phenoxy) is 2. The summed E-state index contributed by atoms with van der Waals surface area (Å²) in [7, 11) is 0. The van der Waals surface area contributed by atoms with E-state index in [2.05, 4.69) is 27.1 Å². The maximum atomic E-state index is 13.4. The third-order valence-corrected chi connectivity index (χ3v) is 7.30. The van der Waals surface area contributed by atoms with E-state index in [1.807, 2.05) is 32.9 Å². The zero-order valence-electron chi connectivity index (χ0n) is 22.3. The number of nitrogens with one attached hydrogen (secondary N) is 1. The van der Waals surface area contributed by atoms with Gasteiger partial charge in [0.1, 0.15) is 40.8 Å².